The minimum absolute atomic E-state index is 0.493. The van der Waals surface area contributed by atoms with E-state index in [2.05, 4.69) is 118 Å². The van der Waals surface area contributed by atoms with Crippen LogP contribution in [0.1, 0.15) is 0 Å². The highest BCUT2D eigenvalue weighted by Crippen LogP contribution is 2.41. The highest BCUT2D eigenvalue weighted by atomic mass is 15.1. The molecule has 0 aliphatic rings. The van der Waals surface area contributed by atoms with Gasteiger partial charge < -0.3 is 9.13 Å². The summed E-state index contributed by atoms with van der Waals surface area (Å²) in [5.74, 6) is 1.66. The van der Waals surface area contributed by atoms with Crippen molar-refractivity contribution in [2.45, 2.75) is 0 Å². The van der Waals surface area contributed by atoms with Crippen molar-refractivity contribution in [3.63, 3.8) is 0 Å². The molecule has 0 atom stereocenters. The average Bonchev–Trinajstić information content (AvgIpc) is 3.81. The van der Waals surface area contributed by atoms with Gasteiger partial charge in [-0.1, -0.05) is 127 Å². The maximum Gasteiger partial charge on any atom is 0.183 e. The van der Waals surface area contributed by atoms with Crippen molar-refractivity contribution >= 4 is 43.6 Å². The van der Waals surface area contributed by atoms with Crippen LogP contribution < -0.4 is 0 Å². The van der Waals surface area contributed by atoms with Crippen molar-refractivity contribution in [2.75, 3.05) is 0 Å². The van der Waals surface area contributed by atoms with Crippen LogP contribution in [0.3, 0.4) is 0 Å². The molecule has 0 spiro atoms. The van der Waals surface area contributed by atoms with Gasteiger partial charge in [0.15, 0.2) is 17.5 Å². The molecule has 7 heteroatoms. The molecule has 0 amide bonds. The van der Waals surface area contributed by atoms with Crippen LogP contribution in [-0.4, -0.2) is 34.1 Å². The minimum Gasteiger partial charge on any atom is -0.309 e. The van der Waals surface area contributed by atoms with Gasteiger partial charge in [-0.15, -0.1) is 0 Å². The van der Waals surface area contributed by atoms with Crippen LogP contribution in [0.4, 0.5) is 0 Å². The Kier molecular flexibility index (Phi) is 7.35. The second-order valence-electron chi connectivity index (χ2n) is 13.7. The monoisotopic (exact) mass is 717 g/mol. The molecule has 0 saturated heterocycles. The Balaban J connectivity index is 1.17. The third-order valence-corrected chi connectivity index (χ3v) is 10.5. The smallest absolute Gasteiger partial charge is 0.183 e. The van der Waals surface area contributed by atoms with Gasteiger partial charge in [-0.3, -0.25) is 9.97 Å². The Hall–Kier alpha value is -7.77. The highest BCUT2D eigenvalue weighted by molar-refractivity contribution is 6.19. The van der Waals surface area contributed by atoms with Crippen molar-refractivity contribution in [1.82, 2.24) is 34.1 Å². The van der Waals surface area contributed by atoms with Crippen molar-refractivity contribution in [1.29, 1.82) is 0 Å². The number of aromatic nitrogens is 7. The predicted molar refractivity (Wildman–Crippen MR) is 226 cm³/mol. The summed E-state index contributed by atoms with van der Waals surface area (Å²) in [4.78, 5) is 25.3. The molecule has 0 bridgehead atoms. The van der Waals surface area contributed by atoms with E-state index in [1.54, 1.807) is 0 Å². The number of benzene rings is 6. The summed E-state index contributed by atoms with van der Waals surface area (Å²) in [5.41, 5.74) is 10.8. The van der Waals surface area contributed by atoms with E-state index in [0.717, 1.165) is 55.6 Å². The first-order valence-corrected chi connectivity index (χ1v) is 18.6. The van der Waals surface area contributed by atoms with Crippen molar-refractivity contribution in [3.8, 4) is 56.9 Å². The highest BCUT2D eigenvalue weighted by Gasteiger charge is 2.24. The second kappa shape index (κ2) is 13.0. The maximum atomic E-state index is 5.11. The number of nitrogens with zero attached hydrogens (tertiary/aromatic N) is 7. The molecular weight excluding hydrogens is 687 g/mol. The van der Waals surface area contributed by atoms with Crippen LogP contribution in [0.2, 0.25) is 0 Å². The van der Waals surface area contributed by atoms with Crippen molar-refractivity contribution < 1.29 is 0 Å². The van der Waals surface area contributed by atoms with E-state index in [9.17, 15) is 0 Å². The van der Waals surface area contributed by atoms with Gasteiger partial charge in [-0.25, -0.2) is 15.0 Å². The molecule has 0 aliphatic heterocycles. The zero-order chi connectivity index (χ0) is 37.0. The molecule has 5 heterocycles. The fourth-order valence-electron chi connectivity index (χ4n) is 8.03. The standard InChI is InChI=1S/C49H31N7/c1-4-14-33(15-5-1)47-52-48(34-16-6-2-7-17-34)54-49(53-47)46-44-42(29-31-51-46)56(35-18-8-3-9-19-35)41-28-30-50-45(43(41)44)32-24-26-36(27-25-32)55-39-22-12-10-20-37(39)38-21-11-13-23-40(38)55/h1-31H. The van der Waals surface area contributed by atoms with E-state index >= 15 is 0 Å². The zero-order valence-corrected chi connectivity index (χ0v) is 30.0. The molecule has 0 radical (unpaired) electrons. The summed E-state index contributed by atoms with van der Waals surface area (Å²) in [5, 5.41) is 4.36. The Bertz CT molecular complexity index is 3110. The molecule has 6 aromatic carbocycles. The van der Waals surface area contributed by atoms with Crippen LogP contribution in [0.15, 0.2) is 188 Å². The van der Waals surface area contributed by atoms with E-state index in [4.69, 9.17) is 24.9 Å². The van der Waals surface area contributed by atoms with Gasteiger partial charge in [0, 0.05) is 62.0 Å². The summed E-state index contributed by atoms with van der Waals surface area (Å²) >= 11 is 0. The van der Waals surface area contributed by atoms with E-state index in [1.165, 1.54) is 21.8 Å². The number of pyridine rings is 2. The van der Waals surface area contributed by atoms with Crippen LogP contribution in [0.25, 0.3) is 101 Å². The van der Waals surface area contributed by atoms with Crippen LogP contribution in [-0.2, 0) is 0 Å². The lowest BCUT2D eigenvalue weighted by Gasteiger charge is -2.11. The van der Waals surface area contributed by atoms with Crippen LogP contribution in [0, 0.1) is 0 Å². The molecule has 262 valence electrons. The maximum absolute atomic E-state index is 5.11. The normalized spacial score (nSPS) is 11.6. The fraction of sp³-hybridized carbons (Fsp3) is 0. The Morgan fingerprint density at radius 1 is 0.304 bits per heavy atom. The summed E-state index contributed by atoms with van der Waals surface area (Å²) in [6, 6.07) is 60.5. The molecule has 7 nitrogen and oxygen atoms in total. The zero-order valence-electron chi connectivity index (χ0n) is 30.0. The topological polar surface area (TPSA) is 74.3 Å². The Morgan fingerprint density at radius 3 is 1.30 bits per heavy atom. The summed E-state index contributed by atoms with van der Waals surface area (Å²) in [7, 11) is 0. The lowest BCUT2D eigenvalue weighted by atomic mass is 10.0. The molecular formula is C49H31N7. The van der Waals surface area contributed by atoms with Gasteiger partial charge in [-0.2, -0.15) is 0 Å². The number of para-hydroxylation sites is 3. The first-order chi connectivity index (χ1) is 27.8. The number of hydrogen-bond donors (Lipinski definition) is 0. The van der Waals surface area contributed by atoms with E-state index in [-0.39, 0.29) is 0 Å². The molecule has 0 saturated carbocycles. The summed E-state index contributed by atoms with van der Waals surface area (Å²) in [6.45, 7) is 0. The van der Waals surface area contributed by atoms with Gasteiger partial charge in [0.05, 0.1) is 27.8 Å². The molecule has 5 aromatic heterocycles. The molecule has 56 heavy (non-hydrogen) atoms. The van der Waals surface area contributed by atoms with Crippen LogP contribution >= 0.6 is 0 Å². The molecule has 0 unspecified atom stereocenters. The molecule has 0 aliphatic carbocycles. The summed E-state index contributed by atoms with van der Waals surface area (Å²) < 4.78 is 4.62. The minimum atomic E-state index is 0.493. The average molecular weight is 718 g/mol. The fourth-order valence-corrected chi connectivity index (χ4v) is 8.03. The van der Waals surface area contributed by atoms with Gasteiger partial charge in [0.2, 0.25) is 0 Å². The largest absolute Gasteiger partial charge is 0.309 e. The summed E-state index contributed by atoms with van der Waals surface area (Å²) in [6.07, 6.45) is 3.74. The van der Waals surface area contributed by atoms with E-state index in [1.807, 2.05) is 79.1 Å². The Labute approximate surface area is 321 Å². The van der Waals surface area contributed by atoms with Crippen molar-refractivity contribution in [2.24, 2.45) is 0 Å². The predicted octanol–water partition coefficient (Wildman–Crippen LogP) is 11.5. The first kappa shape index (κ1) is 31.7. The number of rotatable bonds is 6. The SMILES string of the molecule is c1ccc(-c2nc(-c3ccccc3)nc(-c3nccc4c3c3c(-c5ccc(-n6c7ccccc7c7ccccc76)cc5)nccc3n4-c3ccccc3)n2)cc1. The van der Waals surface area contributed by atoms with Gasteiger partial charge in [0.1, 0.15) is 5.69 Å². The quantitative estimate of drug-likeness (QED) is 0.171. The lowest BCUT2D eigenvalue weighted by Crippen LogP contribution is -2.01. The second-order valence-corrected chi connectivity index (χ2v) is 13.7. The van der Waals surface area contributed by atoms with E-state index < -0.39 is 0 Å². The Morgan fingerprint density at radius 2 is 0.732 bits per heavy atom. The molecule has 11 aromatic rings. The van der Waals surface area contributed by atoms with Gasteiger partial charge in [0.25, 0.3) is 0 Å². The van der Waals surface area contributed by atoms with E-state index in [0.29, 0.717) is 23.2 Å². The molecule has 0 N–H and O–H groups in total. The van der Waals surface area contributed by atoms with Crippen molar-refractivity contribution in [3.05, 3.63) is 188 Å². The van der Waals surface area contributed by atoms with Crippen LogP contribution in [0.5, 0.6) is 0 Å². The lowest BCUT2D eigenvalue weighted by molar-refractivity contribution is 1.06. The third-order valence-electron chi connectivity index (χ3n) is 10.5. The number of fused-ring (bicyclic) bond motifs is 6. The first-order valence-electron chi connectivity index (χ1n) is 18.6. The van der Waals surface area contributed by atoms with Gasteiger partial charge >= 0.3 is 0 Å². The number of hydrogen-bond acceptors (Lipinski definition) is 5. The third kappa shape index (κ3) is 5.10. The van der Waals surface area contributed by atoms with Gasteiger partial charge in [-0.05, 0) is 48.5 Å². The molecule has 0 fully saturated rings. The molecule has 11 rings (SSSR count).